The zero-order chi connectivity index (χ0) is 44.7. The predicted molar refractivity (Wildman–Crippen MR) is 272 cm³/mol. The Morgan fingerprint density at radius 1 is 0.656 bits per heavy atom. The molecule has 1 aliphatic carbocycles. The molecule has 2 aliphatic heterocycles. The van der Waals surface area contributed by atoms with Crippen LogP contribution in [0.3, 0.4) is 0 Å². The van der Waals surface area contributed by atoms with Gasteiger partial charge in [0.15, 0.2) is 9.90 Å². The molecule has 7 heteroatoms. The standard InChI is InChI=1S/C57H66Br2N4O/c1-43(60-33-36-63(4,55(59)41-60)57(49-28-16-8-17-29-49)50-30-18-9-19-31-50)37-52(46-22-10-5-11-23-46)51-32-20-21-45(39-51)38-44(2)62(3)35-34-61(42-54(62)58)56(64)40-53(47-24-12-6-13-25-47)48-26-14-7-15-27-48/h5-14,16-26,28-32,39,44,52-55,57H,1,15,27,33-38,40-42H2,2-4H3/q+2. The lowest BCUT2D eigenvalue weighted by Crippen LogP contribution is -2.66. The molecule has 0 saturated carbocycles. The van der Waals surface area contributed by atoms with Crippen molar-refractivity contribution in [2.45, 2.75) is 72.8 Å². The van der Waals surface area contributed by atoms with Gasteiger partial charge in [-0.15, -0.1) is 0 Å². The van der Waals surface area contributed by atoms with Crippen molar-refractivity contribution in [1.29, 1.82) is 0 Å². The Balaban J connectivity index is 0.936. The van der Waals surface area contributed by atoms with Gasteiger partial charge < -0.3 is 18.8 Å². The van der Waals surface area contributed by atoms with E-state index in [0.717, 1.165) is 67.4 Å². The van der Waals surface area contributed by atoms with E-state index in [0.29, 0.717) is 19.0 Å². The van der Waals surface area contributed by atoms with Crippen LogP contribution in [0.1, 0.15) is 83.9 Å². The SMILES string of the molecule is C=C(CC(c1ccccc1)c1cccc(CC(C)[N+]2(C)CCN(C(=O)CC(C3=CC=CCC3)c3ccccc3)CC2Br)c1)N1CC[N+](C)(C(c2ccccc2)c2ccccc2)C(Br)C1. The van der Waals surface area contributed by atoms with Crippen molar-refractivity contribution in [3.8, 4) is 0 Å². The molecule has 332 valence electrons. The summed E-state index contributed by atoms with van der Waals surface area (Å²) in [6.45, 7) is 12.4. The Hall–Kier alpha value is -4.53. The second-order valence-electron chi connectivity index (χ2n) is 18.9. The number of benzene rings is 5. The first-order valence-corrected chi connectivity index (χ1v) is 25.2. The van der Waals surface area contributed by atoms with Crippen molar-refractivity contribution in [2.24, 2.45) is 0 Å². The fourth-order valence-electron chi connectivity index (χ4n) is 10.6. The van der Waals surface area contributed by atoms with Crippen LogP contribution >= 0.6 is 31.9 Å². The summed E-state index contributed by atoms with van der Waals surface area (Å²) in [5.74, 6) is 0.555. The quantitative estimate of drug-likeness (QED) is 0.0593. The molecule has 0 N–H and O–H groups in total. The van der Waals surface area contributed by atoms with Crippen molar-refractivity contribution in [3.05, 3.63) is 215 Å². The molecule has 5 aromatic carbocycles. The van der Waals surface area contributed by atoms with Gasteiger partial charge in [0.25, 0.3) is 0 Å². The van der Waals surface area contributed by atoms with Crippen LogP contribution in [0.25, 0.3) is 0 Å². The average molecular weight is 983 g/mol. The van der Waals surface area contributed by atoms with Crippen LogP contribution in [0.4, 0.5) is 0 Å². The van der Waals surface area contributed by atoms with Crippen LogP contribution in [-0.4, -0.2) is 94.0 Å². The molecule has 2 heterocycles. The highest BCUT2D eigenvalue weighted by molar-refractivity contribution is 9.09. The third-order valence-electron chi connectivity index (χ3n) is 15.0. The maximum atomic E-state index is 14.1. The summed E-state index contributed by atoms with van der Waals surface area (Å²) in [7, 11) is 4.79. The molecule has 5 nitrogen and oxygen atoms in total. The van der Waals surface area contributed by atoms with Gasteiger partial charge >= 0.3 is 0 Å². The minimum absolute atomic E-state index is 0.118. The van der Waals surface area contributed by atoms with Gasteiger partial charge in [0, 0.05) is 41.5 Å². The summed E-state index contributed by atoms with van der Waals surface area (Å²) in [6.07, 6.45) is 11.0. The first-order chi connectivity index (χ1) is 31.0. The number of rotatable bonds is 15. The van der Waals surface area contributed by atoms with Crippen molar-refractivity contribution < 1.29 is 13.8 Å². The molecule has 2 saturated heterocycles. The van der Waals surface area contributed by atoms with E-state index >= 15 is 0 Å². The molecule has 0 radical (unpaired) electrons. The summed E-state index contributed by atoms with van der Waals surface area (Å²) in [6, 6.07) is 53.6. The van der Waals surface area contributed by atoms with Gasteiger partial charge in [-0.05, 0) is 80.3 Å². The second-order valence-corrected chi connectivity index (χ2v) is 21.0. The average Bonchev–Trinajstić information content (AvgIpc) is 3.33. The molecule has 0 bridgehead atoms. The fourth-order valence-corrected chi connectivity index (χ4v) is 12.4. The van der Waals surface area contributed by atoms with E-state index in [1.165, 1.54) is 44.7 Å². The van der Waals surface area contributed by atoms with Crippen molar-refractivity contribution in [1.82, 2.24) is 9.80 Å². The first-order valence-electron chi connectivity index (χ1n) is 23.4. The van der Waals surface area contributed by atoms with E-state index in [4.69, 9.17) is 6.58 Å². The number of allylic oxidation sites excluding steroid dienone is 5. The van der Waals surface area contributed by atoms with Gasteiger partial charge in [-0.3, -0.25) is 4.79 Å². The maximum absolute atomic E-state index is 14.1. The van der Waals surface area contributed by atoms with Crippen LogP contribution in [0, 0.1) is 0 Å². The Kier molecular flexibility index (Phi) is 14.9. The zero-order valence-electron chi connectivity index (χ0n) is 38.0. The third-order valence-corrected chi connectivity index (χ3v) is 17.4. The third kappa shape index (κ3) is 10.3. The van der Waals surface area contributed by atoms with E-state index in [1.807, 2.05) is 0 Å². The number of hydrogen-bond donors (Lipinski definition) is 0. The largest absolute Gasteiger partial charge is 0.363 e. The number of hydrogen-bond acceptors (Lipinski definition) is 2. The molecule has 3 aliphatic rings. The van der Waals surface area contributed by atoms with Crippen LogP contribution in [0.15, 0.2) is 182 Å². The van der Waals surface area contributed by atoms with Gasteiger partial charge in [-0.1, -0.05) is 176 Å². The van der Waals surface area contributed by atoms with E-state index in [2.05, 4.69) is 226 Å². The fraction of sp³-hybridized carbons (Fsp3) is 0.351. The molecule has 2 fully saturated rings. The monoisotopic (exact) mass is 980 g/mol. The van der Waals surface area contributed by atoms with E-state index in [9.17, 15) is 4.79 Å². The topological polar surface area (TPSA) is 23.6 Å². The first kappa shape index (κ1) is 46.0. The summed E-state index contributed by atoms with van der Waals surface area (Å²) in [5, 5.41) is 0. The van der Waals surface area contributed by atoms with E-state index in [1.54, 1.807) is 0 Å². The van der Waals surface area contributed by atoms with E-state index in [-0.39, 0.29) is 33.7 Å². The van der Waals surface area contributed by atoms with Crippen LogP contribution in [-0.2, 0) is 11.2 Å². The molecule has 64 heavy (non-hydrogen) atoms. The lowest BCUT2D eigenvalue weighted by molar-refractivity contribution is -0.945. The highest BCUT2D eigenvalue weighted by atomic mass is 79.9. The lowest BCUT2D eigenvalue weighted by atomic mass is 9.84. The summed E-state index contributed by atoms with van der Waals surface area (Å²) < 4.78 is 1.76. The minimum atomic E-state index is 0.118. The number of carbonyl (C=O) groups is 1. The molecular formula is C57H66Br2N4O+2. The van der Waals surface area contributed by atoms with Gasteiger partial charge in [0.05, 0.1) is 59.4 Å². The predicted octanol–water partition coefficient (Wildman–Crippen LogP) is 12.4. The maximum Gasteiger partial charge on any atom is 0.223 e. The number of piperazine rings is 2. The van der Waals surface area contributed by atoms with Crippen LogP contribution in [0.5, 0.6) is 0 Å². The number of likely N-dealkylation sites (N-methyl/N-ethyl adjacent to an activating group) is 2. The van der Waals surface area contributed by atoms with Crippen molar-refractivity contribution >= 4 is 37.8 Å². The van der Waals surface area contributed by atoms with Gasteiger partial charge in [-0.2, -0.15) is 0 Å². The Morgan fingerprint density at radius 2 is 1.17 bits per heavy atom. The van der Waals surface area contributed by atoms with Gasteiger partial charge in [-0.25, -0.2) is 0 Å². The molecule has 7 unspecified atom stereocenters. The van der Waals surface area contributed by atoms with E-state index < -0.39 is 0 Å². The Labute approximate surface area is 400 Å². The molecular weight excluding hydrogens is 916 g/mol. The minimum Gasteiger partial charge on any atom is -0.363 e. The number of nitrogens with zero attached hydrogens (tertiary/aromatic N) is 4. The number of amides is 1. The number of halogens is 2. The molecule has 7 atom stereocenters. The van der Waals surface area contributed by atoms with Crippen molar-refractivity contribution in [2.75, 3.05) is 53.4 Å². The molecule has 0 spiro atoms. The Bertz CT molecular complexity index is 2350. The molecule has 0 aromatic heterocycles. The molecule has 5 aromatic rings. The normalized spacial score (nSPS) is 23.9. The van der Waals surface area contributed by atoms with Crippen molar-refractivity contribution in [3.63, 3.8) is 0 Å². The zero-order valence-corrected chi connectivity index (χ0v) is 41.2. The smallest absolute Gasteiger partial charge is 0.223 e. The summed E-state index contributed by atoms with van der Waals surface area (Å²) in [4.78, 5) is 19.1. The highest BCUT2D eigenvalue weighted by Gasteiger charge is 2.46. The number of alkyl halides is 2. The highest BCUT2D eigenvalue weighted by Crippen LogP contribution is 2.42. The number of quaternary nitrogens is 2. The van der Waals surface area contributed by atoms with Crippen LogP contribution in [0.2, 0.25) is 0 Å². The number of carbonyl (C=O) groups excluding carboxylic acids is 1. The summed E-state index contributed by atoms with van der Waals surface area (Å²) >= 11 is 8.39. The Morgan fingerprint density at radius 3 is 1.73 bits per heavy atom. The molecule has 8 rings (SSSR count). The summed E-state index contributed by atoms with van der Waals surface area (Å²) in [5.41, 5.74) is 10.5. The second kappa shape index (κ2) is 20.8. The molecule has 1 amide bonds. The van der Waals surface area contributed by atoms with Gasteiger partial charge in [0.1, 0.15) is 6.04 Å². The lowest BCUT2D eigenvalue weighted by Gasteiger charge is -2.51. The van der Waals surface area contributed by atoms with Gasteiger partial charge in [0.2, 0.25) is 5.91 Å². The van der Waals surface area contributed by atoms with Crippen LogP contribution < -0.4 is 0 Å².